The summed E-state index contributed by atoms with van der Waals surface area (Å²) in [7, 11) is 0. The fourth-order valence-electron chi connectivity index (χ4n) is 4.39. The lowest BCUT2D eigenvalue weighted by Gasteiger charge is -2.42. The van der Waals surface area contributed by atoms with Crippen LogP contribution in [0.3, 0.4) is 0 Å². The van der Waals surface area contributed by atoms with Crippen LogP contribution in [-0.4, -0.2) is 29.0 Å². The van der Waals surface area contributed by atoms with E-state index in [0.717, 1.165) is 21.6 Å². The standard InChI is InChI=1S/C29H30N2O4/c1-20-15-16-24-23(17-20)19-29(18-21-11-7-5-8-12-21,30-25(32)22-13-9-6-10-14-22)26(33)31(24)27(34)35-28(2,3)4/h5-17H,18-19H2,1-4H3,(H,30,32). The molecular formula is C29H30N2O4. The molecule has 1 aliphatic heterocycles. The summed E-state index contributed by atoms with van der Waals surface area (Å²) in [6.07, 6.45) is -0.299. The Morgan fingerprint density at radius 2 is 1.60 bits per heavy atom. The monoisotopic (exact) mass is 470 g/mol. The van der Waals surface area contributed by atoms with Crippen molar-refractivity contribution in [3.05, 3.63) is 101 Å². The largest absolute Gasteiger partial charge is 0.443 e. The van der Waals surface area contributed by atoms with Crippen LogP contribution in [0.25, 0.3) is 0 Å². The molecule has 0 saturated carbocycles. The van der Waals surface area contributed by atoms with Gasteiger partial charge in [-0.2, -0.15) is 0 Å². The molecule has 0 aliphatic carbocycles. The van der Waals surface area contributed by atoms with Crippen LogP contribution in [-0.2, 0) is 22.4 Å². The van der Waals surface area contributed by atoms with E-state index in [1.54, 1.807) is 51.1 Å². The number of hydrogen-bond donors (Lipinski definition) is 1. The van der Waals surface area contributed by atoms with Crippen molar-refractivity contribution >= 4 is 23.6 Å². The Kier molecular flexibility index (Phi) is 6.48. The Morgan fingerprint density at radius 1 is 0.971 bits per heavy atom. The molecule has 1 heterocycles. The predicted octanol–water partition coefficient (Wildman–Crippen LogP) is 5.23. The fourth-order valence-corrected chi connectivity index (χ4v) is 4.39. The van der Waals surface area contributed by atoms with Crippen LogP contribution in [0.4, 0.5) is 10.5 Å². The van der Waals surface area contributed by atoms with Crippen molar-refractivity contribution in [2.45, 2.75) is 51.7 Å². The van der Waals surface area contributed by atoms with E-state index >= 15 is 0 Å². The third kappa shape index (κ3) is 5.27. The van der Waals surface area contributed by atoms with Gasteiger partial charge < -0.3 is 10.1 Å². The van der Waals surface area contributed by atoms with Crippen LogP contribution in [0, 0.1) is 6.92 Å². The number of rotatable bonds is 4. The number of nitrogens with one attached hydrogen (secondary N) is 1. The number of imide groups is 1. The first kappa shape index (κ1) is 24.2. The molecule has 0 bridgehead atoms. The lowest BCUT2D eigenvalue weighted by atomic mass is 9.79. The highest BCUT2D eigenvalue weighted by Gasteiger charge is 2.50. The van der Waals surface area contributed by atoms with Crippen LogP contribution in [0.5, 0.6) is 0 Å². The molecule has 1 atom stereocenters. The molecule has 3 aromatic rings. The maximum Gasteiger partial charge on any atom is 0.421 e. The molecule has 3 aromatic carbocycles. The Morgan fingerprint density at radius 3 is 2.23 bits per heavy atom. The van der Waals surface area contributed by atoms with Crippen molar-refractivity contribution in [1.82, 2.24) is 5.32 Å². The highest BCUT2D eigenvalue weighted by molar-refractivity contribution is 6.19. The quantitative estimate of drug-likeness (QED) is 0.567. The van der Waals surface area contributed by atoms with E-state index in [-0.39, 0.29) is 18.7 Å². The minimum Gasteiger partial charge on any atom is -0.443 e. The molecule has 0 spiro atoms. The summed E-state index contributed by atoms with van der Waals surface area (Å²) < 4.78 is 5.62. The van der Waals surface area contributed by atoms with Gasteiger partial charge in [0.15, 0.2) is 0 Å². The SMILES string of the molecule is Cc1ccc2c(c1)CC(Cc1ccccc1)(NC(=O)c1ccccc1)C(=O)N2C(=O)OC(C)(C)C. The van der Waals surface area contributed by atoms with E-state index in [4.69, 9.17) is 4.74 Å². The van der Waals surface area contributed by atoms with Gasteiger partial charge in [0, 0.05) is 18.4 Å². The number of hydrogen-bond acceptors (Lipinski definition) is 4. The summed E-state index contributed by atoms with van der Waals surface area (Å²) in [5, 5.41) is 3.02. The van der Waals surface area contributed by atoms with Crippen LogP contribution in [0.2, 0.25) is 0 Å². The minimum atomic E-state index is -1.38. The Labute approximate surface area is 205 Å². The predicted molar refractivity (Wildman–Crippen MR) is 135 cm³/mol. The summed E-state index contributed by atoms with van der Waals surface area (Å²) in [6.45, 7) is 7.22. The van der Waals surface area contributed by atoms with E-state index in [2.05, 4.69) is 5.32 Å². The van der Waals surface area contributed by atoms with Crippen LogP contribution in [0.1, 0.15) is 47.8 Å². The third-order valence-corrected chi connectivity index (χ3v) is 5.89. The number of amides is 3. The molecule has 4 rings (SSSR count). The molecule has 0 aromatic heterocycles. The van der Waals surface area contributed by atoms with Crippen molar-refractivity contribution in [3.8, 4) is 0 Å². The zero-order valence-corrected chi connectivity index (χ0v) is 20.5. The molecular weight excluding hydrogens is 440 g/mol. The minimum absolute atomic E-state index is 0.220. The number of anilines is 1. The van der Waals surface area contributed by atoms with Gasteiger partial charge in [-0.05, 0) is 57.0 Å². The number of carbonyl (C=O) groups is 3. The Hall–Kier alpha value is -3.93. The number of carbonyl (C=O) groups excluding carboxylic acids is 3. The number of nitrogens with zero attached hydrogens (tertiary/aromatic N) is 1. The number of aryl methyl sites for hydroxylation is 1. The maximum absolute atomic E-state index is 14.2. The molecule has 0 fully saturated rings. The van der Waals surface area contributed by atoms with Gasteiger partial charge in [0.2, 0.25) is 0 Å². The summed E-state index contributed by atoms with van der Waals surface area (Å²) >= 11 is 0. The average Bonchev–Trinajstić information content (AvgIpc) is 2.80. The first-order valence-electron chi connectivity index (χ1n) is 11.7. The topological polar surface area (TPSA) is 75.7 Å². The van der Waals surface area contributed by atoms with Gasteiger partial charge >= 0.3 is 6.09 Å². The third-order valence-electron chi connectivity index (χ3n) is 5.89. The smallest absolute Gasteiger partial charge is 0.421 e. The lowest BCUT2D eigenvalue weighted by molar-refractivity contribution is -0.125. The van der Waals surface area contributed by atoms with E-state index in [9.17, 15) is 14.4 Å². The lowest BCUT2D eigenvalue weighted by Crippen LogP contribution is -2.66. The molecule has 0 radical (unpaired) electrons. The van der Waals surface area contributed by atoms with E-state index in [0.29, 0.717) is 11.3 Å². The summed E-state index contributed by atoms with van der Waals surface area (Å²) in [5.41, 5.74) is 1.39. The van der Waals surface area contributed by atoms with Crippen molar-refractivity contribution in [2.75, 3.05) is 4.90 Å². The van der Waals surface area contributed by atoms with Gasteiger partial charge in [-0.3, -0.25) is 9.59 Å². The van der Waals surface area contributed by atoms with Crippen molar-refractivity contribution in [2.24, 2.45) is 0 Å². The van der Waals surface area contributed by atoms with Crippen LogP contribution >= 0.6 is 0 Å². The van der Waals surface area contributed by atoms with E-state index in [1.807, 2.05) is 55.5 Å². The second-order valence-corrected chi connectivity index (χ2v) is 9.99. The Bertz CT molecular complexity index is 1250. The molecule has 1 N–H and O–H groups in total. The molecule has 1 unspecified atom stereocenters. The van der Waals surface area contributed by atoms with Crippen molar-refractivity contribution < 1.29 is 19.1 Å². The van der Waals surface area contributed by atoms with Gasteiger partial charge in [-0.15, -0.1) is 0 Å². The van der Waals surface area contributed by atoms with Gasteiger partial charge in [-0.1, -0.05) is 66.2 Å². The average molecular weight is 471 g/mol. The molecule has 0 saturated heterocycles. The van der Waals surface area contributed by atoms with Crippen LogP contribution in [0.15, 0.2) is 78.9 Å². The van der Waals surface area contributed by atoms with Crippen LogP contribution < -0.4 is 10.2 Å². The second-order valence-electron chi connectivity index (χ2n) is 9.99. The molecule has 6 heteroatoms. The molecule has 3 amide bonds. The number of fused-ring (bicyclic) bond motifs is 1. The fraction of sp³-hybridized carbons (Fsp3) is 0.276. The van der Waals surface area contributed by atoms with Gasteiger partial charge in [0.25, 0.3) is 11.8 Å². The maximum atomic E-state index is 14.2. The zero-order valence-electron chi connectivity index (χ0n) is 20.5. The second kappa shape index (κ2) is 9.37. The number of benzene rings is 3. The summed E-state index contributed by atoms with van der Waals surface area (Å²) in [4.78, 5) is 42.0. The summed E-state index contributed by atoms with van der Waals surface area (Å²) in [5.74, 6) is -0.897. The summed E-state index contributed by atoms with van der Waals surface area (Å²) in [6, 6.07) is 23.8. The Balaban J connectivity index is 1.84. The zero-order chi connectivity index (χ0) is 25.2. The first-order chi connectivity index (χ1) is 16.6. The van der Waals surface area contributed by atoms with Crippen molar-refractivity contribution in [1.29, 1.82) is 0 Å². The van der Waals surface area contributed by atoms with Gasteiger partial charge in [-0.25, -0.2) is 9.69 Å². The molecule has 1 aliphatic rings. The molecule has 180 valence electrons. The highest BCUT2D eigenvalue weighted by Crippen LogP contribution is 2.36. The van der Waals surface area contributed by atoms with E-state index < -0.39 is 23.1 Å². The highest BCUT2D eigenvalue weighted by atomic mass is 16.6. The van der Waals surface area contributed by atoms with Crippen molar-refractivity contribution in [3.63, 3.8) is 0 Å². The normalized spacial score (nSPS) is 17.5. The first-order valence-corrected chi connectivity index (χ1v) is 11.7. The van der Waals surface area contributed by atoms with Gasteiger partial charge in [0.05, 0.1) is 5.69 Å². The molecule has 6 nitrogen and oxygen atoms in total. The number of ether oxygens (including phenoxy) is 1. The van der Waals surface area contributed by atoms with Gasteiger partial charge in [0.1, 0.15) is 11.1 Å². The van der Waals surface area contributed by atoms with E-state index in [1.165, 1.54) is 0 Å². The molecule has 35 heavy (non-hydrogen) atoms.